The van der Waals surface area contributed by atoms with Crippen LogP contribution in [0.15, 0.2) is 401 Å². The van der Waals surface area contributed by atoms with Gasteiger partial charge in [-0.3, -0.25) is 4.98 Å². The Bertz CT molecular complexity index is 5950. The minimum atomic E-state index is 0. The van der Waals surface area contributed by atoms with Crippen LogP contribution in [0.5, 0.6) is 0 Å². The van der Waals surface area contributed by atoms with Crippen LogP contribution in [0.1, 0.15) is 0 Å². The first-order valence-corrected chi connectivity index (χ1v) is 38.0. The van der Waals surface area contributed by atoms with Gasteiger partial charge in [0.25, 0.3) is 0 Å². The zero-order valence-corrected chi connectivity index (χ0v) is 67.2. The van der Waals surface area contributed by atoms with Crippen molar-refractivity contribution in [3.8, 4) is 201 Å². The molecule has 8 heteroatoms. The third-order valence-corrected chi connectivity index (χ3v) is 21.0. The van der Waals surface area contributed by atoms with E-state index in [9.17, 15) is 0 Å². The topological polar surface area (TPSA) is 77.3 Å². The van der Waals surface area contributed by atoms with E-state index in [1.165, 1.54) is 0 Å². The standard InChI is InChI=1S/C108H66N6.2Ir/c1-7-27-97(91(21-1)73-37-49-79(50-38-73)103-33-13-17-62-109-103)85-67-86(98-28-8-2-22-92(98)74-39-51-80(52-40-74)104-34-14-18-63-110-104)70-89(69-85)101-31-11-5-25-95(101)77-45-57-83(58-46-77)107-61-66-113-108(114-107)84-59-47-78(48-60-84)96-26-6-12-32-102(96)90-71-87(99-29-9-3-23-93(99)75-41-53-81(54-42-75)105-35-15-19-64-111-105)68-88(72-90)100-30-10-4-24-94(100)76-43-55-82(56-44-76)106-36-16-20-65-112-106;;/h1-49,51,53,55,57,59,61-72H;;/q-6;2*+3. The smallest absolute Gasteiger partial charge is 0.327 e. The summed E-state index contributed by atoms with van der Waals surface area (Å²) in [4.78, 5) is 28.5. The molecule has 0 aliphatic rings. The number of pyridine rings is 4. The van der Waals surface area contributed by atoms with Crippen molar-refractivity contribution in [1.29, 1.82) is 0 Å². The Morgan fingerprint density at radius 1 is 0.155 bits per heavy atom. The third-order valence-electron chi connectivity index (χ3n) is 21.0. The van der Waals surface area contributed by atoms with Gasteiger partial charge in [0.15, 0.2) is 0 Å². The summed E-state index contributed by atoms with van der Waals surface area (Å²) in [6.45, 7) is 0. The van der Waals surface area contributed by atoms with Crippen LogP contribution < -0.4 is 0 Å². The Morgan fingerprint density at radius 2 is 0.353 bits per heavy atom. The Morgan fingerprint density at radius 3 is 0.552 bits per heavy atom. The predicted octanol–water partition coefficient (Wildman–Crippen LogP) is 26.9. The van der Waals surface area contributed by atoms with Gasteiger partial charge in [-0.15, -0.1) is 179 Å². The van der Waals surface area contributed by atoms with Gasteiger partial charge in [0.2, 0.25) is 0 Å². The summed E-state index contributed by atoms with van der Waals surface area (Å²) in [5.74, 6) is 0.566. The Balaban J connectivity index is 0.00000484. The largest absolute Gasteiger partial charge is 3.00 e. The van der Waals surface area contributed by atoms with Gasteiger partial charge in [-0.05, 0) is 156 Å². The number of nitrogens with zero attached hydrogens (tertiary/aromatic N) is 6. The van der Waals surface area contributed by atoms with E-state index in [-0.39, 0.29) is 40.2 Å². The van der Waals surface area contributed by atoms with E-state index in [0.717, 1.165) is 195 Å². The molecule has 0 aliphatic carbocycles. The molecule has 546 valence electrons. The van der Waals surface area contributed by atoms with Gasteiger partial charge in [0.05, 0.1) is 5.82 Å². The van der Waals surface area contributed by atoms with E-state index in [1.54, 1.807) is 0 Å². The van der Waals surface area contributed by atoms with Crippen molar-refractivity contribution in [2.75, 3.05) is 0 Å². The predicted molar refractivity (Wildman–Crippen MR) is 464 cm³/mol. The summed E-state index contributed by atoms with van der Waals surface area (Å²) in [7, 11) is 0. The van der Waals surface area contributed by atoms with E-state index < -0.39 is 0 Å². The SMILES string of the molecule is [Ir+3].[Ir+3].[c-]1cc(-c2ccccc2-c2cc(-c3ccccc3-c3c[c-]c(-c4ccccn4)cc3)cc(-c3ccccc3-c3c[c-]c(-c4ccnc(-c5[c-]cc(-c6ccccc6-c6cc(-c7ccccc7-c7c[c-]c(-c8ccccn8)cc7)cc(-c7ccccc7-c7c[c-]c(-c8ccccn8)cc7)c6)cc5)n4)cc3)c2)ccc1-c1ccccn1. The monoisotopic (exact) mass is 1830 g/mol. The van der Waals surface area contributed by atoms with Gasteiger partial charge >= 0.3 is 40.2 Å². The van der Waals surface area contributed by atoms with Gasteiger partial charge in [-0.25, -0.2) is 0 Å². The fourth-order valence-corrected chi connectivity index (χ4v) is 15.3. The average molecular weight is 1830 g/mol. The van der Waals surface area contributed by atoms with E-state index >= 15 is 0 Å². The second kappa shape index (κ2) is 34.2. The summed E-state index contributed by atoms with van der Waals surface area (Å²) in [6, 6.07) is 151. The Hall–Kier alpha value is -13.9. The van der Waals surface area contributed by atoms with Crippen LogP contribution in [0.4, 0.5) is 0 Å². The Labute approximate surface area is 703 Å². The summed E-state index contributed by atoms with van der Waals surface area (Å²) in [5, 5.41) is 0. The fraction of sp³-hybridized carbons (Fsp3) is 0. The molecule has 0 aliphatic heterocycles. The van der Waals surface area contributed by atoms with Crippen LogP contribution in [-0.2, 0) is 40.2 Å². The maximum absolute atomic E-state index is 5.20. The third kappa shape index (κ3) is 15.7. The van der Waals surface area contributed by atoms with E-state index in [1.807, 2.05) is 110 Å². The maximum Gasteiger partial charge on any atom is 3.00 e. The molecule has 19 rings (SSSR count). The van der Waals surface area contributed by atoms with Crippen molar-refractivity contribution in [2.24, 2.45) is 0 Å². The van der Waals surface area contributed by atoms with Crippen LogP contribution in [0.3, 0.4) is 0 Å². The molecule has 14 aromatic carbocycles. The minimum Gasteiger partial charge on any atom is -0.327 e. The van der Waals surface area contributed by atoms with Gasteiger partial charge in [-0.1, -0.05) is 267 Å². The molecule has 0 atom stereocenters. The molecule has 0 radical (unpaired) electrons. The van der Waals surface area contributed by atoms with Gasteiger partial charge in [0.1, 0.15) is 0 Å². The number of aromatic nitrogens is 6. The quantitative estimate of drug-likeness (QED) is 0.0797. The first-order valence-electron chi connectivity index (χ1n) is 38.0. The first-order chi connectivity index (χ1) is 56.5. The second-order valence-corrected chi connectivity index (χ2v) is 27.9. The van der Waals surface area contributed by atoms with Gasteiger partial charge in [-0.2, -0.15) is 0 Å². The van der Waals surface area contributed by atoms with Crippen molar-refractivity contribution in [3.63, 3.8) is 0 Å². The second-order valence-electron chi connectivity index (χ2n) is 27.9. The molecule has 0 bridgehead atoms. The van der Waals surface area contributed by atoms with Crippen LogP contribution in [-0.4, -0.2) is 29.9 Å². The van der Waals surface area contributed by atoms with Crippen molar-refractivity contribution in [2.45, 2.75) is 0 Å². The fourth-order valence-electron chi connectivity index (χ4n) is 15.3. The first kappa shape index (κ1) is 74.8. The molecule has 0 spiro atoms. The molecule has 5 heterocycles. The van der Waals surface area contributed by atoms with Crippen LogP contribution in [0, 0.1) is 36.4 Å². The van der Waals surface area contributed by atoms with E-state index in [4.69, 9.17) is 9.97 Å². The normalized spacial score (nSPS) is 11.0. The molecule has 5 aromatic heterocycles. The molecule has 0 fully saturated rings. The molecule has 6 nitrogen and oxygen atoms in total. The summed E-state index contributed by atoms with van der Waals surface area (Å²) < 4.78 is 0. The number of benzene rings is 14. The van der Waals surface area contributed by atoms with Gasteiger partial charge < -0.3 is 24.9 Å². The molecule has 0 saturated carbocycles. The van der Waals surface area contributed by atoms with Crippen molar-refractivity contribution >= 4 is 0 Å². The molecular weight excluding hydrogens is 1770 g/mol. The van der Waals surface area contributed by atoms with Crippen LogP contribution in [0.2, 0.25) is 0 Å². The van der Waals surface area contributed by atoms with Crippen molar-refractivity contribution < 1.29 is 40.2 Å². The Kier molecular flexibility index (Phi) is 22.0. The van der Waals surface area contributed by atoms with E-state index in [2.05, 4.69) is 348 Å². The summed E-state index contributed by atoms with van der Waals surface area (Å²) in [5.41, 5.74) is 35.5. The molecular formula is C108H66Ir2N6. The molecule has 0 N–H and O–H groups in total. The van der Waals surface area contributed by atoms with Gasteiger partial charge in [0, 0.05) is 31.0 Å². The van der Waals surface area contributed by atoms with E-state index in [0.29, 0.717) is 5.82 Å². The molecule has 116 heavy (non-hydrogen) atoms. The average Bonchev–Trinajstić information content (AvgIpc) is 0.770. The van der Waals surface area contributed by atoms with Crippen molar-refractivity contribution in [1.82, 2.24) is 29.9 Å². The molecule has 0 amide bonds. The number of rotatable bonds is 18. The molecule has 19 aromatic rings. The minimum absolute atomic E-state index is 0. The van der Waals surface area contributed by atoms with Crippen LogP contribution in [0.25, 0.3) is 201 Å². The zero-order valence-electron chi connectivity index (χ0n) is 62.5. The van der Waals surface area contributed by atoms with Crippen molar-refractivity contribution in [3.05, 3.63) is 437 Å². The maximum atomic E-state index is 5.20. The number of hydrogen-bond donors (Lipinski definition) is 0. The number of hydrogen-bond acceptors (Lipinski definition) is 6. The summed E-state index contributed by atoms with van der Waals surface area (Å²) >= 11 is 0. The summed E-state index contributed by atoms with van der Waals surface area (Å²) in [6.07, 6.45) is 9.10. The van der Waals surface area contributed by atoms with Crippen LogP contribution >= 0.6 is 0 Å². The molecule has 0 unspecified atom stereocenters. The molecule has 0 saturated heterocycles. The zero-order chi connectivity index (χ0) is 75.9.